The highest BCUT2D eigenvalue weighted by Crippen LogP contribution is 2.24. The molecule has 4 heterocycles. The lowest BCUT2D eigenvalue weighted by Crippen LogP contribution is -2.36. The molecule has 1 amide bonds. The summed E-state index contributed by atoms with van der Waals surface area (Å²) in [6, 6.07) is 17.2. The molecule has 32 heavy (non-hydrogen) atoms. The van der Waals surface area contributed by atoms with Gasteiger partial charge in [0.2, 0.25) is 0 Å². The highest BCUT2D eigenvalue weighted by Gasteiger charge is 2.19. The van der Waals surface area contributed by atoms with Crippen molar-refractivity contribution in [2.24, 2.45) is 0 Å². The molecule has 0 atom stereocenters. The maximum Gasteiger partial charge on any atom is 0.259 e. The molecule has 8 heteroatoms. The van der Waals surface area contributed by atoms with Gasteiger partial charge in [-0.15, -0.1) is 0 Å². The van der Waals surface area contributed by atoms with Crippen LogP contribution in [0.15, 0.2) is 79.4 Å². The van der Waals surface area contributed by atoms with Gasteiger partial charge in [-0.3, -0.25) is 9.78 Å². The molecule has 0 radical (unpaired) electrons. The van der Waals surface area contributed by atoms with Crippen LogP contribution in [0.2, 0.25) is 0 Å². The van der Waals surface area contributed by atoms with Crippen LogP contribution in [-0.4, -0.2) is 52.0 Å². The molecular formula is C24H22N6O2. The van der Waals surface area contributed by atoms with Gasteiger partial charge in [0, 0.05) is 37.2 Å². The summed E-state index contributed by atoms with van der Waals surface area (Å²) in [6.07, 6.45) is 6.81. The number of hydrogen-bond acceptors (Lipinski definition) is 6. The molecule has 1 saturated heterocycles. The summed E-state index contributed by atoms with van der Waals surface area (Å²) < 4.78 is 7.09. The molecule has 0 aliphatic carbocycles. The maximum absolute atomic E-state index is 13.2. The molecule has 1 N–H and O–H groups in total. The molecule has 4 aromatic rings. The zero-order valence-electron chi connectivity index (χ0n) is 17.4. The van der Waals surface area contributed by atoms with E-state index >= 15 is 0 Å². The Bertz CT molecular complexity index is 1190. The minimum absolute atomic E-state index is 0.257. The quantitative estimate of drug-likeness (QED) is 0.526. The first kappa shape index (κ1) is 19.9. The van der Waals surface area contributed by atoms with Crippen LogP contribution >= 0.6 is 0 Å². The minimum Gasteiger partial charge on any atom is -0.378 e. The molecule has 1 aliphatic rings. The van der Waals surface area contributed by atoms with E-state index in [0.29, 0.717) is 30.2 Å². The zero-order valence-corrected chi connectivity index (χ0v) is 17.4. The van der Waals surface area contributed by atoms with Gasteiger partial charge >= 0.3 is 0 Å². The third-order valence-electron chi connectivity index (χ3n) is 5.26. The molecule has 1 aliphatic heterocycles. The molecule has 1 fully saturated rings. The van der Waals surface area contributed by atoms with Crippen LogP contribution < -0.4 is 10.2 Å². The number of pyridine rings is 2. The van der Waals surface area contributed by atoms with Crippen molar-refractivity contribution in [3.63, 3.8) is 0 Å². The van der Waals surface area contributed by atoms with Gasteiger partial charge in [-0.2, -0.15) is 5.10 Å². The lowest BCUT2D eigenvalue weighted by atomic mass is 10.1. The lowest BCUT2D eigenvalue weighted by molar-refractivity contribution is 0.102. The topological polar surface area (TPSA) is 85.2 Å². The number of anilines is 2. The molecule has 8 nitrogen and oxygen atoms in total. The number of ether oxygens (including phenoxy) is 1. The molecular weight excluding hydrogens is 404 g/mol. The van der Waals surface area contributed by atoms with E-state index in [1.165, 1.54) is 0 Å². The fraction of sp³-hybridized carbons (Fsp3) is 0.167. The monoisotopic (exact) mass is 426 g/mol. The summed E-state index contributed by atoms with van der Waals surface area (Å²) in [5, 5.41) is 7.62. The number of benzene rings is 1. The third kappa shape index (κ3) is 4.21. The van der Waals surface area contributed by atoms with Crippen LogP contribution in [-0.2, 0) is 4.74 Å². The van der Waals surface area contributed by atoms with E-state index in [0.717, 1.165) is 30.2 Å². The van der Waals surface area contributed by atoms with Crippen molar-refractivity contribution in [2.75, 3.05) is 36.5 Å². The summed E-state index contributed by atoms with van der Waals surface area (Å²) in [6.45, 7) is 3.02. The average molecular weight is 426 g/mol. The summed E-state index contributed by atoms with van der Waals surface area (Å²) in [4.78, 5) is 24.1. The van der Waals surface area contributed by atoms with Crippen molar-refractivity contribution in [1.29, 1.82) is 0 Å². The van der Waals surface area contributed by atoms with Gasteiger partial charge in [0.05, 0.1) is 36.3 Å². The second-order valence-corrected chi connectivity index (χ2v) is 7.37. The first-order valence-corrected chi connectivity index (χ1v) is 10.4. The Morgan fingerprint density at radius 3 is 2.53 bits per heavy atom. The number of aromatic nitrogens is 4. The highest BCUT2D eigenvalue weighted by molar-refractivity contribution is 6.08. The molecule has 3 aromatic heterocycles. The van der Waals surface area contributed by atoms with Gasteiger partial charge in [0.1, 0.15) is 11.5 Å². The average Bonchev–Trinajstić information content (AvgIpc) is 3.32. The van der Waals surface area contributed by atoms with Crippen LogP contribution in [0, 0.1) is 0 Å². The van der Waals surface area contributed by atoms with Gasteiger partial charge in [-0.1, -0.05) is 18.2 Å². The summed E-state index contributed by atoms with van der Waals surface area (Å²) >= 11 is 0. The van der Waals surface area contributed by atoms with Gasteiger partial charge in [0.25, 0.3) is 5.91 Å². The van der Waals surface area contributed by atoms with Gasteiger partial charge in [-0.25, -0.2) is 9.67 Å². The lowest BCUT2D eigenvalue weighted by Gasteiger charge is -2.27. The molecule has 0 bridgehead atoms. The van der Waals surface area contributed by atoms with E-state index < -0.39 is 0 Å². The largest absolute Gasteiger partial charge is 0.378 e. The van der Waals surface area contributed by atoms with E-state index in [2.05, 4.69) is 25.3 Å². The van der Waals surface area contributed by atoms with Crippen molar-refractivity contribution in [3.05, 3.63) is 84.9 Å². The zero-order chi connectivity index (χ0) is 21.8. The molecule has 160 valence electrons. The Morgan fingerprint density at radius 2 is 1.81 bits per heavy atom. The van der Waals surface area contributed by atoms with Crippen molar-refractivity contribution < 1.29 is 9.53 Å². The second-order valence-electron chi connectivity index (χ2n) is 7.37. The standard InChI is InChI=1S/C24H22N6O2/c31-24(27-19-8-9-22(26-16-19)29-11-13-32-14-12-29)21-17-30(20-6-2-1-3-7-20)28-23(21)18-5-4-10-25-15-18/h1-10,15-17H,11-14H2,(H,27,31). The Labute approximate surface area is 185 Å². The number of morpholine rings is 1. The van der Waals surface area contributed by atoms with Gasteiger partial charge < -0.3 is 15.0 Å². The van der Waals surface area contributed by atoms with E-state index in [9.17, 15) is 4.79 Å². The number of carbonyl (C=O) groups excluding carboxylic acids is 1. The highest BCUT2D eigenvalue weighted by atomic mass is 16.5. The van der Waals surface area contributed by atoms with Crippen LogP contribution in [0.25, 0.3) is 16.9 Å². The normalized spacial score (nSPS) is 13.7. The number of rotatable bonds is 5. The van der Waals surface area contributed by atoms with Crippen molar-refractivity contribution in [2.45, 2.75) is 0 Å². The molecule has 5 rings (SSSR count). The third-order valence-corrected chi connectivity index (χ3v) is 5.26. The van der Waals surface area contributed by atoms with E-state index in [4.69, 9.17) is 4.74 Å². The smallest absolute Gasteiger partial charge is 0.259 e. The first-order valence-electron chi connectivity index (χ1n) is 10.4. The Morgan fingerprint density at radius 1 is 0.969 bits per heavy atom. The van der Waals surface area contributed by atoms with Crippen LogP contribution in [0.3, 0.4) is 0 Å². The fourth-order valence-electron chi connectivity index (χ4n) is 3.61. The predicted octanol–water partition coefficient (Wildman–Crippen LogP) is 3.42. The summed E-state index contributed by atoms with van der Waals surface area (Å²) in [5.74, 6) is 0.617. The van der Waals surface area contributed by atoms with Crippen molar-refractivity contribution >= 4 is 17.4 Å². The Hall–Kier alpha value is -4.04. The summed E-state index contributed by atoms with van der Waals surface area (Å²) in [7, 11) is 0. The van der Waals surface area contributed by atoms with Crippen LogP contribution in [0.1, 0.15) is 10.4 Å². The number of hydrogen-bond donors (Lipinski definition) is 1. The SMILES string of the molecule is O=C(Nc1ccc(N2CCOCC2)nc1)c1cn(-c2ccccc2)nc1-c1cccnc1. The first-order chi connectivity index (χ1) is 15.8. The number of carbonyl (C=O) groups is 1. The Kier molecular flexibility index (Phi) is 5.59. The van der Waals surface area contributed by atoms with E-state index in [1.807, 2.05) is 54.6 Å². The van der Waals surface area contributed by atoms with Crippen molar-refractivity contribution in [1.82, 2.24) is 19.7 Å². The second kappa shape index (κ2) is 8.99. The van der Waals surface area contributed by atoms with E-state index in [1.54, 1.807) is 29.5 Å². The van der Waals surface area contributed by atoms with Gasteiger partial charge in [0.15, 0.2) is 0 Å². The number of nitrogens with zero attached hydrogens (tertiary/aromatic N) is 5. The number of para-hydroxylation sites is 1. The minimum atomic E-state index is -0.257. The van der Waals surface area contributed by atoms with Crippen LogP contribution in [0.4, 0.5) is 11.5 Å². The summed E-state index contributed by atoms with van der Waals surface area (Å²) in [5.41, 5.74) is 3.29. The predicted molar refractivity (Wildman–Crippen MR) is 122 cm³/mol. The van der Waals surface area contributed by atoms with Crippen LogP contribution in [0.5, 0.6) is 0 Å². The van der Waals surface area contributed by atoms with E-state index in [-0.39, 0.29) is 5.91 Å². The maximum atomic E-state index is 13.2. The van der Waals surface area contributed by atoms with Crippen molar-refractivity contribution in [3.8, 4) is 16.9 Å². The fourth-order valence-corrected chi connectivity index (χ4v) is 3.61. The Balaban J connectivity index is 1.42. The molecule has 0 unspecified atom stereocenters. The van der Waals surface area contributed by atoms with Gasteiger partial charge in [-0.05, 0) is 36.4 Å². The molecule has 0 spiro atoms. The number of nitrogens with one attached hydrogen (secondary N) is 1. The molecule has 1 aromatic carbocycles. The molecule has 0 saturated carbocycles. The number of amides is 1.